The van der Waals surface area contributed by atoms with Gasteiger partial charge in [0.05, 0.1) is 12.2 Å². The standard InChI is InChI=1S/C23H29N3O4/c1-3-29-20(27)19-11-17-10-15(16-6-9-30-22(13-16)7-8-22)4-5-18(17)26(19)23(12-14(23)2)21(24)25-28/h4-5,10-11,14,16,28H,3,6-9,12-13H2,1-2H3,(H2,24,25)/t14-,16-,23+/m0/s1. The molecule has 7 nitrogen and oxygen atoms in total. The monoisotopic (exact) mass is 411 g/mol. The average Bonchev–Trinajstić information content (AvgIpc) is 3.61. The molecule has 0 bridgehead atoms. The molecule has 1 aromatic carbocycles. The highest BCUT2D eigenvalue weighted by Gasteiger charge is 2.58. The van der Waals surface area contributed by atoms with Crippen LogP contribution < -0.4 is 5.73 Å². The molecule has 3 fully saturated rings. The van der Waals surface area contributed by atoms with Crippen molar-refractivity contribution < 1.29 is 19.5 Å². The second-order valence-electron chi connectivity index (χ2n) is 9.14. The molecule has 3 atom stereocenters. The Bertz CT molecular complexity index is 1040. The molecule has 0 radical (unpaired) electrons. The smallest absolute Gasteiger partial charge is 0.355 e. The van der Waals surface area contributed by atoms with E-state index in [1.807, 2.05) is 17.6 Å². The summed E-state index contributed by atoms with van der Waals surface area (Å²) in [4.78, 5) is 12.8. The predicted molar refractivity (Wildman–Crippen MR) is 113 cm³/mol. The van der Waals surface area contributed by atoms with E-state index in [0.717, 1.165) is 43.2 Å². The van der Waals surface area contributed by atoms with Gasteiger partial charge in [0.15, 0.2) is 5.84 Å². The topological polar surface area (TPSA) is 99.1 Å². The molecule has 0 amide bonds. The summed E-state index contributed by atoms with van der Waals surface area (Å²) >= 11 is 0. The third kappa shape index (κ3) is 2.82. The van der Waals surface area contributed by atoms with Crippen LogP contribution in [0, 0.1) is 5.92 Å². The van der Waals surface area contributed by atoms with E-state index in [9.17, 15) is 10.0 Å². The van der Waals surface area contributed by atoms with Crippen LogP contribution in [0.5, 0.6) is 0 Å². The fraction of sp³-hybridized carbons (Fsp3) is 0.565. The van der Waals surface area contributed by atoms with Gasteiger partial charge in [-0.05, 0) is 74.6 Å². The van der Waals surface area contributed by atoms with Gasteiger partial charge in [0, 0.05) is 17.5 Å². The van der Waals surface area contributed by atoms with Crippen LogP contribution in [0.3, 0.4) is 0 Å². The maximum Gasteiger partial charge on any atom is 0.355 e. The number of nitrogens with zero attached hydrogens (tertiary/aromatic N) is 2. The van der Waals surface area contributed by atoms with E-state index in [-0.39, 0.29) is 23.3 Å². The van der Waals surface area contributed by atoms with Gasteiger partial charge in [-0.3, -0.25) is 0 Å². The number of nitrogens with two attached hydrogens (primary N) is 1. The van der Waals surface area contributed by atoms with Crippen molar-refractivity contribution in [2.45, 2.75) is 63.0 Å². The number of fused-ring (bicyclic) bond motifs is 1. The summed E-state index contributed by atoms with van der Waals surface area (Å²) in [5.74, 6) is 0.365. The lowest BCUT2D eigenvalue weighted by molar-refractivity contribution is -0.0132. The van der Waals surface area contributed by atoms with Gasteiger partial charge in [0.1, 0.15) is 11.2 Å². The number of carbonyl (C=O) groups excluding carboxylic acids is 1. The molecule has 0 unspecified atom stereocenters. The summed E-state index contributed by atoms with van der Waals surface area (Å²) in [6.45, 7) is 4.94. The van der Waals surface area contributed by atoms with Gasteiger partial charge in [-0.1, -0.05) is 18.1 Å². The van der Waals surface area contributed by atoms with Crippen LogP contribution in [0.15, 0.2) is 29.4 Å². The Hall–Kier alpha value is -2.54. The lowest BCUT2D eigenvalue weighted by Crippen LogP contribution is -2.38. The van der Waals surface area contributed by atoms with Gasteiger partial charge < -0.3 is 25.0 Å². The van der Waals surface area contributed by atoms with Crippen LogP contribution in [0.4, 0.5) is 0 Å². The highest BCUT2D eigenvalue weighted by molar-refractivity contribution is 6.00. The minimum Gasteiger partial charge on any atom is -0.461 e. The zero-order chi connectivity index (χ0) is 21.1. The maximum atomic E-state index is 12.8. The minimum absolute atomic E-state index is 0.111. The molecule has 30 heavy (non-hydrogen) atoms. The average molecular weight is 412 g/mol. The number of ether oxygens (including phenoxy) is 2. The third-order valence-corrected chi connectivity index (χ3v) is 7.31. The lowest BCUT2D eigenvalue weighted by Gasteiger charge is -2.30. The molecule has 3 aliphatic rings. The van der Waals surface area contributed by atoms with E-state index >= 15 is 0 Å². The first-order chi connectivity index (χ1) is 14.4. The fourth-order valence-corrected chi connectivity index (χ4v) is 5.35. The predicted octanol–water partition coefficient (Wildman–Crippen LogP) is 3.73. The van der Waals surface area contributed by atoms with Crippen molar-refractivity contribution in [3.63, 3.8) is 0 Å². The Labute approximate surface area is 175 Å². The van der Waals surface area contributed by atoms with Gasteiger partial charge in [-0.25, -0.2) is 4.79 Å². The van der Waals surface area contributed by atoms with E-state index in [1.54, 1.807) is 6.92 Å². The second-order valence-corrected chi connectivity index (χ2v) is 9.14. The van der Waals surface area contributed by atoms with E-state index in [4.69, 9.17) is 15.2 Å². The Morgan fingerprint density at radius 1 is 1.37 bits per heavy atom. The zero-order valence-corrected chi connectivity index (χ0v) is 17.6. The second kappa shape index (κ2) is 6.74. The van der Waals surface area contributed by atoms with E-state index < -0.39 is 5.54 Å². The molecule has 5 rings (SSSR count). The number of esters is 1. The summed E-state index contributed by atoms with van der Waals surface area (Å²) in [5, 5.41) is 13.7. The normalized spacial score (nSPS) is 29.9. The van der Waals surface area contributed by atoms with Crippen molar-refractivity contribution in [2.24, 2.45) is 16.8 Å². The number of hydrogen-bond donors (Lipinski definition) is 2. The molecular weight excluding hydrogens is 382 g/mol. The molecule has 3 N–H and O–H groups in total. The summed E-state index contributed by atoms with van der Waals surface area (Å²) < 4.78 is 13.2. The van der Waals surface area contributed by atoms with Crippen LogP contribution in [0.25, 0.3) is 10.9 Å². The van der Waals surface area contributed by atoms with Crippen LogP contribution in [-0.2, 0) is 15.0 Å². The van der Waals surface area contributed by atoms with Crippen molar-refractivity contribution in [1.82, 2.24) is 4.57 Å². The highest BCUT2D eigenvalue weighted by Crippen LogP contribution is 2.53. The molecule has 1 saturated heterocycles. The van der Waals surface area contributed by atoms with Crippen LogP contribution in [0.2, 0.25) is 0 Å². The number of amidine groups is 1. The Balaban J connectivity index is 1.61. The molecule has 1 aliphatic heterocycles. The van der Waals surface area contributed by atoms with Crippen molar-refractivity contribution in [3.8, 4) is 0 Å². The lowest BCUT2D eigenvalue weighted by atomic mass is 9.87. The number of rotatable bonds is 5. The summed E-state index contributed by atoms with van der Waals surface area (Å²) in [7, 11) is 0. The van der Waals surface area contributed by atoms with Crippen molar-refractivity contribution >= 4 is 22.7 Å². The van der Waals surface area contributed by atoms with Gasteiger partial charge in [-0.15, -0.1) is 0 Å². The Kier molecular flexibility index (Phi) is 4.36. The molecule has 1 spiro atoms. The van der Waals surface area contributed by atoms with Crippen molar-refractivity contribution in [2.75, 3.05) is 13.2 Å². The quantitative estimate of drug-likeness (QED) is 0.257. The Morgan fingerprint density at radius 2 is 2.13 bits per heavy atom. The molecule has 1 aromatic heterocycles. The molecule has 7 heteroatoms. The van der Waals surface area contributed by atoms with Crippen LogP contribution >= 0.6 is 0 Å². The number of carbonyl (C=O) groups is 1. The molecular formula is C23H29N3O4. The first-order valence-corrected chi connectivity index (χ1v) is 10.9. The van der Waals surface area contributed by atoms with Gasteiger partial charge >= 0.3 is 5.97 Å². The molecule has 2 aromatic rings. The minimum atomic E-state index is -0.698. The summed E-state index contributed by atoms with van der Waals surface area (Å²) in [6.07, 6.45) is 5.12. The number of benzene rings is 1. The highest BCUT2D eigenvalue weighted by atomic mass is 16.5. The third-order valence-electron chi connectivity index (χ3n) is 7.31. The van der Waals surface area contributed by atoms with Crippen molar-refractivity contribution in [1.29, 1.82) is 0 Å². The van der Waals surface area contributed by atoms with Gasteiger partial charge in [-0.2, -0.15) is 0 Å². The first kappa shape index (κ1) is 19.4. The number of oxime groups is 1. The van der Waals surface area contributed by atoms with Crippen molar-refractivity contribution in [3.05, 3.63) is 35.5 Å². The van der Waals surface area contributed by atoms with Gasteiger partial charge in [0.25, 0.3) is 0 Å². The molecule has 2 aliphatic carbocycles. The number of hydrogen-bond acceptors (Lipinski definition) is 5. The van der Waals surface area contributed by atoms with Gasteiger partial charge in [0.2, 0.25) is 0 Å². The summed E-state index contributed by atoms with van der Waals surface area (Å²) in [5.41, 5.74) is 8.18. The fourth-order valence-electron chi connectivity index (χ4n) is 5.35. The Morgan fingerprint density at radius 3 is 2.77 bits per heavy atom. The summed E-state index contributed by atoms with van der Waals surface area (Å²) in [6, 6.07) is 8.31. The molecule has 2 heterocycles. The maximum absolute atomic E-state index is 12.8. The number of aromatic nitrogens is 1. The zero-order valence-electron chi connectivity index (χ0n) is 17.6. The molecule has 2 saturated carbocycles. The molecule has 160 valence electrons. The first-order valence-electron chi connectivity index (χ1n) is 10.9. The van der Waals surface area contributed by atoms with E-state index in [2.05, 4.69) is 23.4 Å². The largest absolute Gasteiger partial charge is 0.461 e. The van der Waals surface area contributed by atoms with E-state index in [0.29, 0.717) is 24.6 Å². The SMILES string of the molecule is CCOC(=O)c1cc2cc([C@H]3CCOC4(CC4)C3)ccc2n1[C@]1(C(N)=NO)C[C@@H]1C. The van der Waals surface area contributed by atoms with E-state index in [1.165, 1.54) is 5.56 Å². The van der Waals surface area contributed by atoms with Crippen LogP contribution in [0.1, 0.15) is 67.9 Å². The van der Waals surface area contributed by atoms with Crippen LogP contribution in [-0.4, -0.2) is 40.4 Å².